The van der Waals surface area contributed by atoms with E-state index in [1.165, 1.54) is 6.33 Å². The predicted molar refractivity (Wildman–Crippen MR) is 79.5 cm³/mol. The number of ether oxygens (including phenoxy) is 1. The fourth-order valence-electron chi connectivity index (χ4n) is 1.61. The molecule has 0 amide bonds. The summed E-state index contributed by atoms with van der Waals surface area (Å²) in [5, 5.41) is 0.992. The topological polar surface area (TPSA) is 44.1 Å². The van der Waals surface area contributed by atoms with E-state index in [2.05, 4.69) is 4.98 Å². The summed E-state index contributed by atoms with van der Waals surface area (Å²) >= 11 is 12.0. The van der Waals surface area contributed by atoms with Crippen molar-refractivity contribution in [2.75, 3.05) is 6.61 Å². The Bertz CT molecular complexity index is 637. The molecule has 0 aliphatic rings. The van der Waals surface area contributed by atoms with Gasteiger partial charge in [0.25, 0.3) is 0 Å². The molecule has 0 radical (unpaired) electrons. The molecule has 6 heteroatoms. The average molecular weight is 311 g/mol. The highest BCUT2D eigenvalue weighted by molar-refractivity contribution is 6.35. The van der Waals surface area contributed by atoms with Crippen LogP contribution in [0, 0.1) is 0 Å². The molecule has 0 N–H and O–H groups in total. The minimum atomic E-state index is -0.448. The highest BCUT2D eigenvalue weighted by atomic mass is 35.5. The number of esters is 1. The van der Waals surface area contributed by atoms with Gasteiger partial charge in [0.2, 0.25) is 0 Å². The maximum Gasteiger partial charge on any atom is 0.355 e. The van der Waals surface area contributed by atoms with Crippen LogP contribution in [0.15, 0.2) is 36.9 Å². The molecule has 20 heavy (non-hydrogen) atoms. The van der Waals surface area contributed by atoms with Crippen LogP contribution in [0.25, 0.3) is 11.8 Å². The lowest BCUT2D eigenvalue weighted by molar-refractivity contribution is -0.136. The Morgan fingerprint density at radius 3 is 2.85 bits per heavy atom. The van der Waals surface area contributed by atoms with Gasteiger partial charge in [-0.05, 0) is 30.7 Å². The molecule has 0 aliphatic carbocycles. The normalized spacial score (nSPS) is 11.4. The van der Waals surface area contributed by atoms with E-state index < -0.39 is 5.97 Å². The second-order valence-corrected chi connectivity index (χ2v) is 4.73. The van der Waals surface area contributed by atoms with E-state index in [4.69, 9.17) is 27.9 Å². The number of halogens is 2. The molecule has 0 unspecified atom stereocenters. The van der Waals surface area contributed by atoms with Gasteiger partial charge >= 0.3 is 5.97 Å². The van der Waals surface area contributed by atoms with Gasteiger partial charge in [0.1, 0.15) is 5.70 Å². The van der Waals surface area contributed by atoms with Crippen LogP contribution >= 0.6 is 23.2 Å². The van der Waals surface area contributed by atoms with E-state index in [1.807, 2.05) is 0 Å². The number of hydrogen-bond donors (Lipinski definition) is 0. The van der Waals surface area contributed by atoms with Crippen LogP contribution in [-0.4, -0.2) is 22.1 Å². The second kappa shape index (κ2) is 6.59. The Balaban J connectivity index is 2.45. The van der Waals surface area contributed by atoms with Crippen molar-refractivity contribution in [2.45, 2.75) is 6.92 Å². The van der Waals surface area contributed by atoms with Crippen molar-refractivity contribution in [1.82, 2.24) is 9.55 Å². The third-order valence-electron chi connectivity index (χ3n) is 2.52. The van der Waals surface area contributed by atoms with E-state index in [0.717, 1.165) is 0 Å². The zero-order valence-corrected chi connectivity index (χ0v) is 12.2. The lowest BCUT2D eigenvalue weighted by atomic mass is 10.2. The van der Waals surface area contributed by atoms with Crippen LogP contribution < -0.4 is 0 Å². The summed E-state index contributed by atoms with van der Waals surface area (Å²) in [6.07, 6.45) is 6.40. The SMILES string of the molecule is CCOC(=O)/C(=C/c1ccc(Cl)cc1Cl)n1ccnc1. The molecule has 2 aromatic rings. The van der Waals surface area contributed by atoms with Crippen molar-refractivity contribution in [2.24, 2.45) is 0 Å². The van der Waals surface area contributed by atoms with Crippen LogP contribution in [0.2, 0.25) is 10.0 Å². The van der Waals surface area contributed by atoms with Crippen LogP contribution in [0.3, 0.4) is 0 Å². The standard InChI is InChI=1S/C14H12Cl2N2O2/c1-2-20-14(19)13(18-6-5-17-9-18)7-10-3-4-11(15)8-12(10)16/h3-9H,2H2,1H3/b13-7-. The third kappa shape index (κ3) is 3.40. The first-order valence-corrected chi connectivity index (χ1v) is 6.69. The minimum absolute atomic E-state index is 0.291. The Morgan fingerprint density at radius 1 is 1.45 bits per heavy atom. The maximum absolute atomic E-state index is 12.0. The molecule has 1 aromatic heterocycles. The fourth-order valence-corrected chi connectivity index (χ4v) is 2.07. The van der Waals surface area contributed by atoms with Gasteiger partial charge in [-0.2, -0.15) is 0 Å². The Kier molecular flexibility index (Phi) is 4.82. The number of nitrogens with zero attached hydrogens (tertiary/aromatic N) is 2. The number of hydrogen-bond acceptors (Lipinski definition) is 3. The van der Waals surface area contributed by atoms with E-state index >= 15 is 0 Å². The Morgan fingerprint density at radius 2 is 2.25 bits per heavy atom. The fraction of sp³-hybridized carbons (Fsp3) is 0.143. The van der Waals surface area contributed by atoms with E-state index in [0.29, 0.717) is 27.9 Å². The number of carbonyl (C=O) groups excluding carboxylic acids is 1. The summed E-state index contributed by atoms with van der Waals surface area (Å²) in [4.78, 5) is 15.9. The van der Waals surface area contributed by atoms with Crippen molar-refractivity contribution in [3.8, 4) is 0 Å². The first-order valence-electron chi connectivity index (χ1n) is 5.94. The lowest BCUT2D eigenvalue weighted by Gasteiger charge is -2.08. The van der Waals surface area contributed by atoms with Crippen LogP contribution in [0.5, 0.6) is 0 Å². The highest BCUT2D eigenvalue weighted by Gasteiger charge is 2.13. The first-order chi connectivity index (χ1) is 9.61. The molecule has 0 spiro atoms. The Labute approximate surface area is 126 Å². The molecule has 0 atom stereocenters. The summed E-state index contributed by atoms with van der Waals surface area (Å²) in [5.41, 5.74) is 1.00. The molecule has 2 rings (SSSR count). The summed E-state index contributed by atoms with van der Waals surface area (Å²) in [6, 6.07) is 5.06. The molecule has 0 fully saturated rings. The van der Waals surface area contributed by atoms with Crippen LogP contribution in [0.4, 0.5) is 0 Å². The van der Waals surface area contributed by atoms with Crippen molar-refractivity contribution in [1.29, 1.82) is 0 Å². The summed E-state index contributed by atoms with van der Waals surface area (Å²) in [7, 11) is 0. The molecule has 0 saturated heterocycles. The summed E-state index contributed by atoms with van der Waals surface area (Å²) in [5.74, 6) is -0.448. The monoisotopic (exact) mass is 310 g/mol. The highest BCUT2D eigenvalue weighted by Crippen LogP contribution is 2.24. The number of aromatic nitrogens is 2. The predicted octanol–water partition coefficient (Wildman–Crippen LogP) is 3.75. The van der Waals surface area contributed by atoms with Crippen LogP contribution in [0.1, 0.15) is 12.5 Å². The van der Waals surface area contributed by atoms with Gasteiger partial charge in [-0.1, -0.05) is 29.3 Å². The van der Waals surface area contributed by atoms with Crippen molar-refractivity contribution < 1.29 is 9.53 Å². The molecular formula is C14H12Cl2N2O2. The summed E-state index contributed by atoms with van der Waals surface area (Å²) < 4.78 is 6.61. The Hall–Kier alpha value is -1.78. The molecule has 4 nitrogen and oxygen atoms in total. The van der Waals surface area contributed by atoms with E-state index in [1.54, 1.807) is 48.2 Å². The average Bonchev–Trinajstić information content (AvgIpc) is 2.91. The van der Waals surface area contributed by atoms with Gasteiger partial charge in [0.05, 0.1) is 12.9 Å². The van der Waals surface area contributed by atoms with Gasteiger partial charge in [0, 0.05) is 22.4 Å². The van der Waals surface area contributed by atoms with Gasteiger partial charge in [-0.15, -0.1) is 0 Å². The minimum Gasteiger partial charge on any atom is -0.461 e. The molecule has 1 heterocycles. The maximum atomic E-state index is 12.0. The van der Waals surface area contributed by atoms with Gasteiger partial charge in [0.15, 0.2) is 0 Å². The van der Waals surface area contributed by atoms with Gasteiger partial charge in [-0.3, -0.25) is 4.57 Å². The molecule has 0 saturated carbocycles. The zero-order chi connectivity index (χ0) is 14.5. The smallest absolute Gasteiger partial charge is 0.355 e. The second-order valence-electron chi connectivity index (χ2n) is 3.89. The number of imidazole rings is 1. The van der Waals surface area contributed by atoms with Gasteiger partial charge < -0.3 is 4.74 Å². The van der Waals surface area contributed by atoms with Crippen molar-refractivity contribution >= 4 is 40.9 Å². The molecule has 0 aliphatic heterocycles. The number of carbonyl (C=O) groups is 1. The molecule has 1 aromatic carbocycles. The van der Waals surface area contributed by atoms with Crippen LogP contribution in [-0.2, 0) is 9.53 Å². The lowest BCUT2D eigenvalue weighted by Crippen LogP contribution is -2.11. The van der Waals surface area contributed by atoms with Crippen molar-refractivity contribution in [3.63, 3.8) is 0 Å². The quantitative estimate of drug-likeness (QED) is 0.638. The summed E-state index contributed by atoms with van der Waals surface area (Å²) in [6.45, 7) is 2.04. The molecular weight excluding hydrogens is 299 g/mol. The van der Waals surface area contributed by atoms with E-state index in [9.17, 15) is 4.79 Å². The zero-order valence-electron chi connectivity index (χ0n) is 10.7. The first kappa shape index (κ1) is 14.6. The number of benzene rings is 1. The molecule has 104 valence electrons. The van der Waals surface area contributed by atoms with Crippen molar-refractivity contribution in [3.05, 3.63) is 52.5 Å². The number of rotatable bonds is 4. The van der Waals surface area contributed by atoms with E-state index in [-0.39, 0.29) is 0 Å². The van der Waals surface area contributed by atoms with Gasteiger partial charge in [-0.25, -0.2) is 9.78 Å². The third-order valence-corrected chi connectivity index (χ3v) is 3.08. The molecule has 0 bridgehead atoms. The largest absolute Gasteiger partial charge is 0.461 e.